The lowest BCUT2D eigenvalue weighted by atomic mass is 10.3. The highest BCUT2D eigenvalue weighted by molar-refractivity contribution is 5.35. The molecule has 1 atom stereocenters. The van der Waals surface area contributed by atoms with Crippen LogP contribution in [0.5, 0.6) is 5.75 Å². The number of benzene rings is 1. The van der Waals surface area contributed by atoms with Crippen molar-refractivity contribution in [2.75, 3.05) is 6.61 Å². The number of ether oxygens (including phenoxy) is 1. The Kier molecular flexibility index (Phi) is 4.17. The lowest BCUT2D eigenvalue weighted by Crippen LogP contribution is -2.23. The molecule has 0 amide bonds. The number of hydrogen-bond donors (Lipinski definition) is 1. The van der Waals surface area contributed by atoms with Gasteiger partial charge in [0, 0.05) is 12.1 Å². The van der Waals surface area contributed by atoms with E-state index in [1.54, 1.807) is 0 Å². The van der Waals surface area contributed by atoms with Crippen LogP contribution in [0.2, 0.25) is 0 Å². The first-order chi connectivity index (χ1) is 7.99. The highest BCUT2D eigenvalue weighted by Crippen LogP contribution is 2.17. The summed E-state index contributed by atoms with van der Waals surface area (Å²) in [7, 11) is 0. The minimum absolute atomic E-state index is 0.112. The Morgan fingerprint density at radius 3 is 2.29 bits per heavy atom. The van der Waals surface area contributed by atoms with E-state index < -0.39 is 22.9 Å². The monoisotopic (exact) mass is 244 g/mol. The van der Waals surface area contributed by atoms with E-state index in [1.165, 1.54) is 24.3 Å². The number of non-ortho nitro benzene ring substituents is 1. The Balaban J connectivity index is 2.47. The lowest BCUT2D eigenvalue weighted by molar-refractivity contribution is -0.780. The smallest absolute Gasteiger partial charge is 0.297 e. The Morgan fingerprint density at radius 1 is 1.24 bits per heavy atom. The van der Waals surface area contributed by atoms with Gasteiger partial charge in [0.1, 0.15) is 12.4 Å². The Labute approximate surface area is 94.4 Å². The van der Waals surface area contributed by atoms with E-state index in [-0.39, 0.29) is 11.4 Å². The minimum atomic E-state index is -1.71. The molecule has 9 nitrogen and oxygen atoms in total. The summed E-state index contributed by atoms with van der Waals surface area (Å²) in [5.74, 6) is 0.224. The summed E-state index contributed by atoms with van der Waals surface area (Å²) in [5.41, 5.74) is -0.112. The summed E-state index contributed by atoms with van der Waals surface area (Å²) in [4.78, 5) is 23.4. The molecule has 0 saturated heterocycles. The van der Waals surface area contributed by atoms with E-state index in [2.05, 4.69) is 4.84 Å². The predicted molar refractivity (Wildman–Crippen MR) is 52.7 cm³/mol. The van der Waals surface area contributed by atoms with Gasteiger partial charge in [0.05, 0.1) is 4.92 Å². The van der Waals surface area contributed by atoms with Crippen molar-refractivity contribution in [3.05, 3.63) is 44.5 Å². The van der Waals surface area contributed by atoms with Gasteiger partial charge in [0.15, 0.2) is 0 Å². The molecule has 1 rings (SSSR count). The van der Waals surface area contributed by atoms with Gasteiger partial charge >= 0.3 is 0 Å². The van der Waals surface area contributed by atoms with Gasteiger partial charge in [0.2, 0.25) is 6.29 Å². The zero-order chi connectivity index (χ0) is 12.8. The lowest BCUT2D eigenvalue weighted by Gasteiger charge is -2.09. The van der Waals surface area contributed by atoms with Crippen LogP contribution in [0, 0.1) is 20.2 Å². The van der Waals surface area contributed by atoms with Crippen molar-refractivity contribution >= 4 is 5.69 Å². The molecule has 1 unspecified atom stereocenters. The molecule has 0 aliphatic carbocycles. The minimum Gasteiger partial charge on any atom is -0.489 e. The van der Waals surface area contributed by atoms with Crippen molar-refractivity contribution in [2.45, 2.75) is 6.29 Å². The number of aliphatic hydroxyl groups is 1. The fourth-order valence-corrected chi connectivity index (χ4v) is 0.961. The average Bonchev–Trinajstić information content (AvgIpc) is 2.26. The Morgan fingerprint density at radius 2 is 1.82 bits per heavy atom. The normalized spacial score (nSPS) is 11.6. The summed E-state index contributed by atoms with van der Waals surface area (Å²) in [6.45, 7) is -0.460. The molecule has 0 heterocycles. The second-order valence-corrected chi connectivity index (χ2v) is 2.85. The summed E-state index contributed by atoms with van der Waals surface area (Å²) in [6.07, 6.45) is -1.71. The van der Waals surface area contributed by atoms with Gasteiger partial charge < -0.3 is 9.84 Å². The first-order valence-corrected chi connectivity index (χ1v) is 4.35. The van der Waals surface area contributed by atoms with Gasteiger partial charge in [-0.25, -0.2) is 0 Å². The second-order valence-electron chi connectivity index (χ2n) is 2.85. The summed E-state index contributed by atoms with van der Waals surface area (Å²) in [6, 6.07) is 5.01. The molecule has 0 aliphatic rings. The topological polar surface area (TPSA) is 125 Å². The SMILES string of the molecule is O=[N+]([O-])OC(O)COc1ccc([N+](=O)[O-])cc1. The summed E-state index contributed by atoms with van der Waals surface area (Å²) >= 11 is 0. The number of aliphatic hydroxyl groups excluding tert-OH is 1. The number of nitrogens with zero attached hydrogens (tertiary/aromatic N) is 2. The first kappa shape index (κ1) is 12.6. The van der Waals surface area contributed by atoms with E-state index in [1.807, 2.05) is 0 Å². The molecule has 1 N–H and O–H groups in total. The Bertz CT molecular complexity index is 405. The van der Waals surface area contributed by atoms with Crippen molar-refractivity contribution in [2.24, 2.45) is 0 Å². The maximum atomic E-state index is 10.3. The molecule has 0 aliphatic heterocycles. The largest absolute Gasteiger partial charge is 0.489 e. The zero-order valence-corrected chi connectivity index (χ0v) is 8.38. The fraction of sp³-hybridized carbons (Fsp3) is 0.250. The van der Waals surface area contributed by atoms with E-state index in [4.69, 9.17) is 9.84 Å². The van der Waals surface area contributed by atoms with E-state index in [0.29, 0.717) is 0 Å². The third-order valence-electron chi connectivity index (χ3n) is 1.65. The molecule has 92 valence electrons. The molecule has 1 aromatic rings. The van der Waals surface area contributed by atoms with Gasteiger partial charge in [-0.3, -0.25) is 15.0 Å². The predicted octanol–water partition coefficient (Wildman–Crippen LogP) is 0.500. The molecule has 17 heavy (non-hydrogen) atoms. The van der Waals surface area contributed by atoms with Crippen LogP contribution in [0.4, 0.5) is 5.69 Å². The average molecular weight is 244 g/mol. The molecular weight excluding hydrogens is 236 g/mol. The molecular formula is C8H8N2O7. The van der Waals surface area contributed by atoms with Crippen LogP contribution >= 0.6 is 0 Å². The van der Waals surface area contributed by atoms with Crippen molar-refractivity contribution in [1.29, 1.82) is 0 Å². The highest BCUT2D eigenvalue weighted by atomic mass is 17.0. The van der Waals surface area contributed by atoms with Crippen molar-refractivity contribution in [1.82, 2.24) is 0 Å². The maximum Gasteiger partial charge on any atom is 0.297 e. The molecule has 0 bridgehead atoms. The zero-order valence-electron chi connectivity index (χ0n) is 8.38. The number of hydrogen-bond acceptors (Lipinski definition) is 7. The van der Waals surface area contributed by atoms with Crippen LogP contribution in [-0.4, -0.2) is 28.0 Å². The standard InChI is InChI=1S/C8H8N2O7/c11-8(17-10(14)15)5-16-7-3-1-6(2-4-7)9(12)13/h1-4,8,11H,5H2. The van der Waals surface area contributed by atoms with E-state index in [0.717, 1.165) is 0 Å². The molecule has 1 aromatic carbocycles. The van der Waals surface area contributed by atoms with Crippen LogP contribution in [0.1, 0.15) is 0 Å². The van der Waals surface area contributed by atoms with Gasteiger partial charge in [-0.05, 0) is 12.1 Å². The van der Waals surface area contributed by atoms with E-state index >= 15 is 0 Å². The maximum absolute atomic E-state index is 10.3. The van der Waals surface area contributed by atoms with Crippen LogP contribution in [-0.2, 0) is 4.84 Å². The third kappa shape index (κ3) is 4.30. The number of nitro groups is 1. The first-order valence-electron chi connectivity index (χ1n) is 4.35. The van der Waals surface area contributed by atoms with Gasteiger partial charge in [-0.15, -0.1) is 10.1 Å². The van der Waals surface area contributed by atoms with Crippen LogP contribution in [0.15, 0.2) is 24.3 Å². The quantitative estimate of drug-likeness (QED) is 0.438. The Hall–Kier alpha value is -2.42. The molecule has 0 fully saturated rings. The molecule has 0 spiro atoms. The number of nitro benzene ring substituents is 1. The van der Waals surface area contributed by atoms with Crippen molar-refractivity contribution in [3.8, 4) is 5.75 Å². The molecule has 9 heteroatoms. The van der Waals surface area contributed by atoms with Gasteiger partial charge in [-0.2, -0.15) is 0 Å². The molecule has 0 saturated carbocycles. The highest BCUT2D eigenvalue weighted by Gasteiger charge is 2.10. The van der Waals surface area contributed by atoms with Crippen molar-refractivity contribution in [3.63, 3.8) is 0 Å². The van der Waals surface area contributed by atoms with Crippen LogP contribution < -0.4 is 4.74 Å². The summed E-state index contributed by atoms with van der Waals surface area (Å²) < 4.78 is 4.90. The van der Waals surface area contributed by atoms with Gasteiger partial charge in [-0.1, -0.05) is 0 Å². The van der Waals surface area contributed by atoms with Crippen LogP contribution in [0.25, 0.3) is 0 Å². The molecule has 0 radical (unpaired) electrons. The van der Waals surface area contributed by atoms with Crippen molar-refractivity contribution < 1.29 is 24.7 Å². The fourth-order valence-electron chi connectivity index (χ4n) is 0.961. The van der Waals surface area contributed by atoms with Gasteiger partial charge in [0.25, 0.3) is 10.8 Å². The number of rotatable bonds is 6. The summed E-state index contributed by atoms with van der Waals surface area (Å²) in [5, 5.41) is 27.9. The third-order valence-corrected chi connectivity index (χ3v) is 1.65. The van der Waals surface area contributed by atoms with Crippen LogP contribution in [0.3, 0.4) is 0 Å². The molecule has 0 aromatic heterocycles. The van der Waals surface area contributed by atoms with E-state index in [9.17, 15) is 20.2 Å². The second kappa shape index (κ2) is 5.61.